The van der Waals surface area contributed by atoms with E-state index in [9.17, 15) is 9.59 Å². The number of ether oxygens (including phenoxy) is 2. The Labute approximate surface area is 94.9 Å². The zero-order valence-corrected chi connectivity index (χ0v) is 9.69. The van der Waals surface area contributed by atoms with Gasteiger partial charge in [-0.05, 0) is 6.92 Å². The fourth-order valence-corrected chi connectivity index (χ4v) is 1.48. The smallest absolute Gasteiger partial charge is 0.245 e. The minimum atomic E-state index is -0.430. The Morgan fingerprint density at radius 3 is 2.81 bits per heavy atom. The van der Waals surface area contributed by atoms with Crippen molar-refractivity contribution in [1.82, 2.24) is 10.2 Å². The Kier molecular flexibility index (Phi) is 5.21. The van der Waals surface area contributed by atoms with Crippen LogP contribution in [-0.4, -0.2) is 62.8 Å². The van der Waals surface area contributed by atoms with Crippen molar-refractivity contribution in [2.24, 2.45) is 0 Å². The van der Waals surface area contributed by atoms with E-state index >= 15 is 0 Å². The summed E-state index contributed by atoms with van der Waals surface area (Å²) in [5, 5.41) is 2.58. The van der Waals surface area contributed by atoms with Gasteiger partial charge in [-0.1, -0.05) is 0 Å². The second-order valence-corrected chi connectivity index (χ2v) is 3.65. The number of piperazine rings is 1. The first-order valence-corrected chi connectivity index (χ1v) is 5.30. The van der Waals surface area contributed by atoms with Crippen LogP contribution >= 0.6 is 0 Å². The van der Waals surface area contributed by atoms with E-state index in [1.165, 1.54) is 4.90 Å². The molecular formula is C10H18N2O4. The second-order valence-electron chi connectivity index (χ2n) is 3.65. The summed E-state index contributed by atoms with van der Waals surface area (Å²) in [7, 11) is 1.60. The average molecular weight is 230 g/mol. The molecule has 0 aromatic rings. The predicted molar refractivity (Wildman–Crippen MR) is 56.9 cm³/mol. The van der Waals surface area contributed by atoms with Gasteiger partial charge in [0.15, 0.2) is 0 Å². The van der Waals surface area contributed by atoms with Gasteiger partial charge in [0.05, 0.1) is 26.4 Å². The zero-order chi connectivity index (χ0) is 12.0. The Hall–Kier alpha value is -1.14. The number of hydrogen-bond donors (Lipinski definition) is 1. The number of hydrogen-bond acceptors (Lipinski definition) is 4. The van der Waals surface area contributed by atoms with E-state index in [-0.39, 0.29) is 18.4 Å². The van der Waals surface area contributed by atoms with Crippen molar-refractivity contribution >= 4 is 11.8 Å². The number of carbonyl (C=O) groups excluding carboxylic acids is 2. The van der Waals surface area contributed by atoms with Gasteiger partial charge >= 0.3 is 0 Å². The average Bonchev–Trinajstić information content (AvgIpc) is 2.24. The van der Waals surface area contributed by atoms with Crippen LogP contribution in [0.3, 0.4) is 0 Å². The molecule has 0 bridgehead atoms. The fourth-order valence-electron chi connectivity index (χ4n) is 1.48. The van der Waals surface area contributed by atoms with Gasteiger partial charge in [-0.15, -0.1) is 0 Å². The maximum Gasteiger partial charge on any atom is 0.245 e. The van der Waals surface area contributed by atoms with Crippen LogP contribution in [0.1, 0.15) is 6.92 Å². The molecule has 0 saturated carbocycles. The van der Waals surface area contributed by atoms with E-state index in [4.69, 9.17) is 9.47 Å². The van der Waals surface area contributed by atoms with Crippen LogP contribution in [0.5, 0.6) is 0 Å². The van der Waals surface area contributed by atoms with Crippen molar-refractivity contribution in [2.75, 3.05) is 40.0 Å². The van der Waals surface area contributed by atoms with Crippen LogP contribution in [0, 0.1) is 0 Å². The lowest BCUT2D eigenvalue weighted by molar-refractivity contribution is -0.144. The summed E-state index contributed by atoms with van der Waals surface area (Å²) < 4.78 is 10.1. The minimum absolute atomic E-state index is 0.0602. The molecular weight excluding hydrogens is 212 g/mol. The summed E-state index contributed by atoms with van der Waals surface area (Å²) in [6, 6.07) is -0.430. The van der Waals surface area contributed by atoms with Gasteiger partial charge in [0.2, 0.25) is 11.8 Å². The summed E-state index contributed by atoms with van der Waals surface area (Å²) in [6.45, 7) is 3.70. The molecule has 0 spiro atoms. The van der Waals surface area contributed by atoms with Gasteiger partial charge in [0, 0.05) is 13.7 Å². The number of methoxy groups -OCH3 is 1. The van der Waals surface area contributed by atoms with Gasteiger partial charge < -0.3 is 19.7 Å². The molecule has 92 valence electrons. The van der Waals surface area contributed by atoms with Crippen LogP contribution in [0.4, 0.5) is 0 Å². The molecule has 0 radical (unpaired) electrons. The van der Waals surface area contributed by atoms with Gasteiger partial charge in [-0.2, -0.15) is 0 Å². The molecule has 1 aliphatic heterocycles. The normalized spacial score (nSPS) is 21.1. The topological polar surface area (TPSA) is 67.9 Å². The molecule has 1 aliphatic rings. The molecule has 2 amide bonds. The number of nitrogens with zero attached hydrogens (tertiary/aromatic N) is 1. The van der Waals surface area contributed by atoms with Crippen molar-refractivity contribution in [2.45, 2.75) is 13.0 Å². The first-order chi connectivity index (χ1) is 7.65. The lowest BCUT2D eigenvalue weighted by atomic mass is 10.2. The maximum atomic E-state index is 11.6. The van der Waals surface area contributed by atoms with E-state index < -0.39 is 6.04 Å². The second kappa shape index (κ2) is 6.44. The standard InChI is InChI=1S/C10H18N2O4/c1-8-10(14)12(7-9(13)11-8)3-4-16-6-5-15-2/h8H,3-7H2,1-2H3,(H,11,13). The van der Waals surface area contributed by atoms with Gasteiger partial charge in [0.1, 0.15) is 6.04 Å². The van der Waals surface area contributed by atoms with Crippen molar-refractivity contribution < 1.29 is 19.1 Å². The summed E-state index contributed by atoms with van der Waals surface area (Å²) >= 11 is 0. The van der Waals surface area contributed by atoms with Crippen LogP contribution in [0.2, 0.25) is 0 Å². The Morgan fingerprint density at radius 2 is 2.12 bits per heavy atom. The lowest BCUT2D eigenvalue weighted by Gasteiger charge is -2.30. The number of rotatable bonds is 6. The van der Waals surface area contributed by atoms with Crippen LogP contribution in [-0.2, 0) is 19.1 Å². The molecule has 0 aliphatic carbocycles. The Balaban J connectivity index is 2.24. The Morgan fingerprint density at radius 1 is 1.38 bits per heavy atom. The largest absolute Gasteiger partial charge is 0.382 e. The van der Waals surface area contributed by atoms with Crippen molar-refractivity contribution in [3.63, 3.8) is 0 Å². The number of nitrogens with one attached hydrogen (secondary N) is 1. The third-order valence-electron chi connectivity index (χ3n) is 2.33. The fraction of sp³-hybridized carbons (Fsp3) is 0.800. The Bertz CT molecular complexity index is 257. The van der Waals surface area contributed by atoms with Crippen LogP contribution < -0.4 is 5.32 Å². The third-order valence-corrected chi connectivity index (χ3v) is 2.33. The zero-order valence-electron chi connectivity index (χ0n) is 9.69. The maximum absolute atomic E-state index is 11.6. The first-order valence-electron chi connectivity index (χ1n) is 5.30. The van der Waals surface area contributed by atoms with Crippen LogP contribution in [0.25, 0.3) is 0 Å². The van der Waals surface area contributed by atoms with Crippen LogP contribution in [0.15, 0.2) is 0 Å². The molecule has 0 aromatic carbocycles. The highest BCUT2D eigenvalue weighted by Gasteiger charge is 2.28. The highest BCUT2D eigenvalue weighted by Crippen LogP contribution is 2.01. The molecule has 1 atom stereocenters. The van der Waals surface area contributed by atoms with Crippen molar-refractivity contribution in [3.05, 3.63) is 0 Å². The van der Waals surface area contributed by atoms with E-state index in [0.717, 1.165) is 0 Å². The highest BCUT2D eigenvalue weighted by atomic mass is 16.5. The molecule has 6 heteroatoms. The molecule has 1 rings (SSSR count). The SMILES string of the molecule is COCCOCCN1CC(=O)NC(C)C1=O. The monoisotopic (exact) mass is 230 g/mol. The minimum Gasteiger partial charge on any atom is -0.382 e. The number of amides is 2. The van der Waals surface area contributed by atoms with E-state index in [1.54, 1.807) is 14.0 Å². The molecule has 1 fully saturated rings. The van der Waals surface area contributed by atoms with E-state index in [2.05, 4.69) is 5.32 Å². The summed E-state index contributed by atoms with van der Waals surface area (Å²) in [5.74, 6) is -0.182. The number of carbonyl (C=O) groups is 2. The highest BCUT2D eigenvalue weighted by molar-refractivity contribution is 5.94. The van der Waals surface area contributed by atoms with E-state index in [1.807, 2.05) is 0 Å². The summed E-state index contributed by atoms with van der Waals surface area (Å²) in [6.07, 6.45) is 0. The molecule has 0 aromatic heterocycles. The quantitative estimate of drug-likeness (QED) is 0.594. The predicted octanol–water partition coefficient (Wildman–Crippen LogP) is -1.00. The summed E-state index contributed by atoms with van der Waals surface area (Å²) in [4.78, 5) is 24.3. The molecule has 1 N–H and O–H groups in total. The third kappa shape index (κ3) is 3.79. The molecule has 1 saturated heterocycles. The lowest BCUT2D eigenvalue weighted by Crippen LogP contribution is -2.57. The van der Waals surface area contributed by atoms with Gasteiger partial charge in [-0.3, -0.25) is 9.59 Å². The first kappa shape index (κ1) is 12.9. The van der Waals surface area contributed by atoms with Crippen molar-refractivity contribution in [3.8, 4) is 0 Å². The van der Waals surface area contributed by atoms with Gasteiger partial charge in [-0.25, -0.2) is 0 Å². The van der Waals surface area contributed by atoms with Gasteiger partial charge in [0.25, 0.3) is 0 Å². The van der Waals surface area contributed by atoms with Crippen molar-refractivity contribution in [1.29, 1.82) is 0 Å². The molecule has 16 heavy (non-hydrogen) atoms. The molecule has 6 nitrogen and oxygen atoms in total. The molecule has 1 unspecified atom stereocenters. The summed E-state index contributed by atoms with van der Waals surface area (Å²) in [5.41, 5.74) is 0. The molecule has 1 heterocycles. The van der Waals surface area contributed by atoms with E-state index in [0.29, 0.717) is 26.4 Å².